The molecule has 0 N–H and O–H groups in total. The Kier molecular flexibility index (Phi) is 2.40. The molecule has 0 aliphatic heterocycles. The number of ketones is 1. The molecule has 1 aliphatic carbocycles. The van der Waals surface area contributed by atoms with E-state index in [1.807, 2.05) is 36.4 Å². The molecule has 0 unspecified atom stereocenters. The minimum atomic E-state index is 0.129. The van der Waals surface area contributed by atoms with Crippen LogP contribution >= 0.6 is 38.5 Å². The molecule has 3 rings (SSSR count). The van der Waals surface area contributed by atoms with E-state index in [1.165, 1.54) is 0 Å². The number of rotatable bonds is 0. The Bertz CT molecular complexity index is 566. The van der Waals surface area contributed by atoms with E-state index in [-0.39, 0.29) is 5.78 Å². The van der Waals surface area contributed by atoms with E-state index in [1.54, 1.807) is 0 Å². The van der Waals surface area contributed by atoms with Crippen LogP contribution < -0.4 is 0 Å². The lowest BCUT2D eigenvalue weighted by Gasteiger charge is -1.99. The van der Waals surface area contributed by atoms with Gasteiger partial charge in [-0.25, -0.2) is 0 Å². The fourth-order valence-corrected chi connectivity index (χ4v) is 2.88. The van der Waals surface area contributed by atoms with Gasteiger partial charge in [-0.3, -0.25) is 4.79 Å². The third-order valence-electron chi connectivity index (χ3n) is 2.74. The van der Waals surface area contributed by atoms with Gasteiger partial charge in [-0.05, 0) is 58.0 Å². The van der Waals surface area contributed by atoms with Crippen LogP contribution in [0.4, 0.5) is 0 Å². The molecular formula is C13H6BrIO. The van der Waals surface area contributed by atoms with Crippen molar-refractivity contribution in [1.82, 2.24) is 0 Å². The van der Waals surface area contributed by atoms with Crippen molar-refractivity contribution in [3.05, 3.63) is 55.6 Å². The van der Waals surface area contributed by atoms with E-state index in [0.717, 1.165) is 30.3 Å². The third-order valence-corrected chi connectivity index (χ3v) is 3.91. The summed E-state index contributed by atoms with van der Waals surface area (Å²) in [6, 6.07) is 11.9. The van der Waals surface area contributed by atoms with Gasteiger partial charge in [0.05, 0.1) is 0 Å². The summed E-state index contributed by atoms with van der Waals surface area (Å²) in [6.45, 7) is 0. The zero-order valence-corrected chi connectivity index (χ0v) is 11.9. The monoisotopic (exact) mass is 384 g/mol. The van der Waals surface area contributed by atoms with Crippen LogP contribution in [-0.2, 0) is 0 Å². The molecule has 0 saturated heterocycles. The van der Waals surface area contributed by atoms with Gasteiger partial charge in [-0.2, -0.15) is 0 Å². The molecule has 0 fully saturated rings. The summed E-state index contributed by atoms with van der Waals surface area (Å²) in [6.07, 6.45) is 0. The van der Waals surface area contributed by atoms with Gasteiger partial charge in [0.25, 0.3) is 0 Å². The molecule has 0 heterocycles. The van der Waals surface area contributed by atoms with E-state index in [4.69, 9.17) is 0 Å². The molecule has 0 saturated carbocycles. The van der Waals surface area contributed by atoms with Crippen LogP contribution in [0.5, 0.6) is 0 Å². The Morgan fingerprint density at radius 3 is 2.25 bits per heavy atom. The zero-order chi connectivity index (χ0) is 11.3. The normalized spacial score (nSPS) is 12.5. The van der Waals surface area contributed by atoms with Gasteiger partial charge in [0.1, 0.15) is 0 Å². The summed E-state index contributed by atoms with van der Waals surface area (Å²) in [5.41, 5.74) is 3.71. The summed E-state index contributed by atoms with van der Waals surface area (Å²) in [5, 5.41) is 0. The summed E-state index contributed by atoms with van der Waals surface area (Å²) >= 11 is 5.63. The quantitative estimate of drug-likeness (QED) is 0.529. The third kappa shape index (κ3) is 1.45. The van der Waals surface area contributed by atoms with E-state index < -0.39 is 0 Å². The van der Waals surface area contributed by atoms with Crippen molar-refractivity contribution in [1.29, 1.82) is 0 Å². The Labute approximate surface area is 115 Å². The second kappa shape index (κ2) is 3.67. The van der Waals surface area contributed by atoms with Crippen molar-refractivity contribution >= 4 is 44.3 Å². The number of hydrogen-bond donors (Lipinski definition) is 0. The van der Waals surface area contributed by atoms with Crippen LogP contribution in [0.1, 0.15) is 15.9 Å². The molecule has 78 valence electrons. The minimum absolute atomic E-state index is 0.129. The second-order valence-electron chi connectivity index (χ2n) is 3.71. The average Bonchev–Trinajstić information content (AvgIpc) is 2.53. The molecule has 0 bridgehead atoms. The molecule has 0 radical (unpaired) electrons. The first kappa shape index (κ1) is 10.5. The molecule has 0 atom stereocenters. The first-order valence-electron chi connectivity index (χ1n) is 4.81. The molecule has 1 nitrogen and oxygen atoms in total. The van der Waals surface area contributed by atoms with Gasteiger partial charge in [0, 0.05) is 19.2 Å². The fourth-order valence-electron chi connectivity index (χ4n) is 2.02. The van der Waals surface area contributed by atoms with Crippen LogP contribution in [0.15, 0.2) is 40.9 Å². The highest BCUT2D eigenvalue weighted by molar-refractivity contribution is 14.1. The van der Waals surface area contributed by atoms with Gasteiger partial charge in [0.15, 0.2) is 5.78 Å². The molecule has 0 amide bonds. The van der Waals surface area contributed by atoms with E-state index in [9.17, 15) is 4.79 Å². The zero-order valence-electron chi connectivity index (χ0n) is 8.13. The molecule has 0 aromatic heterocycles. The maximum atomic E-state index is 12.2. The highest BCUT2D eigenvalue weighted by atomic mass is 127. The predicted octanol–water partition coefficient (Wildman–Crippen LogP) is 4.27. The maximum Gasteiger partial charge on any atom is 0.194 e. The predicted molar refractivity (Wildman–Crippen MR) is 75.7 cm³/mol. The van der Waals surface area contributed by atoms with E-state index in [0.29, 0.717) is 0 Å². The first-order valence-corrected chi connectivity index (χ1v) is 6.68. The standard InChI is InChI=1S/C13H6BrIO/c14-7-1-3-9-10-4-2-8(15)6-12(10)13(16)11(9)5-7/h1-6H. The fraction of sp³-hybridized carbons (Fsp3) is 0. The van der Waals surface area contributed by atoms with Crippen molar-refractivity contribution in [2.45, 2.75) is 0 Å². The Morgan fingerprint density at radius 2 is 1.50 bits per heavy atom. The number of halogens is 2. The molecule has 2 aromatic carbocycles. The molecule has 2 aromatic rings. The summed E-state index contributed by atoms with van der Waals surface area (Å²) in [4.78, 5) is 12.2. The molecular weight excluding hydrogens is 379 g/mol. The van der Waals surface area contributed by atoms with Crippen molar-refractivity contribution in [3.63, 3.8) is 0 Å². The molecule has 3 heteroatoms. The van der Waals surface area contributed by atoms with E-state index >= 15 is 0 Å². The SMILES string of the molecule is O=C1c2cc(Br)ccc2-c2ccc(I)cc21. The van der Waals surface area contributed by atoms with Crippen molar-refractivity contribution < 1.29 is 4.79 Å². The lowest BCUT2D eigenvalue weighted by atomic mass is 10.1. The lowest BCUT2D eigenvalue weighted by Crippen LogP contribution is -1.95. The van der Waals surface area contributed by atoms with Crippen molar-refractivity contribution in [2.75, 3.05) is 0 Å². The summed E-state index contributed by atoms with van der Waals surface area (Å²) in [5.74, 6) is 0.129. The number of benzene rings is 2. The number of carbonyl (C=O) groups excluding carboxylic acids is 1. The van der Waals surface area contributed by atoms with Gasteiger partial charge in [-0.1, -0.05) is 28.1 Å². The van der Waals surface area contributed by atoms with Crippen LogP contribution in [-0.4, -0.2) is 5.78 Å². The van der Waals surface area contributed by atoms with Crippen LogP contribution in [0, 0.1) is 3.57 Å². The Hall–Kier alpha value is -0.680. The molecule has 0 spiro atoms. The van der Waals surface area contributed by atoms with Gasteiger partial charge < -0.3 is 0 Å². The highest BCUT2D eigenvalue weighted by Gasteiger charge is 2.26. The minimum Gasteiger partial charge on any atom is -0.289 e. The van der Waals surface area contributed by atoms with Crippen molar-refractivity contribution in [2.24, 2.45) is 0 Å². The number of carbonyl (C=O) groups is 1. The summed E-state index contributed by atoms with van der Waals surface area (Å²) in [7, 11) is 0. The lowest BCUT2D eigenvalue weighted by molar-refractivity contribution is 0.104. The number of fused-ring (bicyclic) bond motifs is 3. The smallest absolute Gasteiger partial charge is 0.194 e. The molecule has 16 heavy (non-hydrogen) atoms. The highest BCUT2D eigenvalue weighted by Crippen LogP contribution is 2.38. The maximum absolute atomic E-state index is 12.2. The Balaban J connectivity index is 2.34. The van der Waals surface area contributed by atoms with E-state index in [2.05, 4.69) is 38.5 Å². The topological polar surface area (TPSA) is 17.1 Å². The molecule has 1 aliphatic rings. The Morgan fingerprint density at radius 1 is 0.875 bits per heavy atom. The van der Waals surface area contributed by atoms with Gasteiger partial charge in [0.2, 0.25) is 0 Å². The second-order valence-corrected chi connectivity index (χ2v) is 5.87. The largest absolute Gasteiger partial charge is 0.289 e. The van der Waals surface area contributed by atoms with Crippen LogP contribution in [0.3, 0.4) is 0 Å². The summed E-state index contributed by atoms with van der Waals surface area (Å²) < 4.78 is 2.04. The average molecular weight is 385 g/mol. The van der Waals surface area contributed by atoms with Crippen LogP contribution in [0.2, 0.25) is 0 Å². The van der Waals surface area contributed by atoms with Gasteiger partial charge in [-0.15, -0.1) is 0 Å². The first-order chi connectivity index (χ1) is 7.66. The number of hydrogen-bond acceptors (Lipinski definition) is 1. The van der Waals surface area contributed by atoms with Crippen LogP contribution in [0.25, 0.3) is 11.1 Å². The van der Waals surface area contributed by atoms with Crippen molar-refractivity contribution in [3.8, 4) is 11.1 Å². The van der Waals surface area contributed by atoms with Gasteiger partial charge >= 0.3 is 0 Å².